The van der Waals surface area contributed by atoms with E-state index < -0.39 is 43.9 Å². The zero-order valence-corrected chi connectivity index (χ0v) is 16.3. The molecule has 0 spiro atoms. The van der Waals surface area contributed by atoms with Gasteiger partial charge < -0.3 is 0 Å². The highest BCUT2D eigenvalue weighted by Gasteiger charge is 2.35. The van der Waals surface area contributed by atoms with Crippen molar-refractivity contribution < 1.29 is 30.4 Å². The molecular formula is C19H14F5N3O3S. The lowest BCUT2D eigenvalue weighted by atomic mass is 10.1. The van der Waals surface area contributed by atoms with Crippen molar-refractivity contribution >= 4 is 10.0 Å². The third-order valence-electron chi connectivity index (χ3n) is 4.18. The molecule has 1 aromatic heterocycles. The third-order valence-corrected chi connectivity index (χ3v) is 5.63. The molecule has 1 N–H and O–H groups in total. The molecule has 0 saturated carbocycles. The average molecular weight is 459 g/mol. The molecule has 1 heterocycles. The Morgan fingerprint density at radius 3 is 2.29 bits per heavy atom. The standard InChI is InChI=1S/C19H14F5N3O3S/c20-13-3-1-12(2-4-13)17-7-8-18(28)27(26-17)10-9-25-31(29,30)14-5-6-16(21)15(11-14)19(22,23)24/h1-8,11,25H,9-10H2. The van der Waals surface area contributed by atoms with Crippen LogP contribution in [0.3, 0.4) is 0 Å². The van der Waals surface area contributed by atoms with Gasteiger partial charge in [0.15, 0.2) is 0 Å². The number of alkyl halides is 3. The third kappa shape index (κ3) is 5.33. The van der Waals surface area contributed by atoms with Gasteiger partial charge in [-0.2, -0.15) is 18.3 Å². The lowest BCUT2D eigenvalue weighted by molar-refractivity contribution is -0.140. The number of nitrogens with one attached hydrogen (secondary N) is 1. The van der Waals surface area contributed by atoms with E-state index in [1.54, 1.807) is 0 Å². The summed E-state index contributed by atoms with van der Waals surface area (Å²) in [5.41, 5.74) is -1.41. The molecule has 12 heteroatoms. The Morgan fingerprint density at radius 2 is 1.65 bits per heavy atom. The molecule has 0 amide bonds. The molecular weight excluding hydrogens is 445 g/mol. The van der Waals surface area contributed by atoms with Gasteiger partial charge in [0.1, 0.15) is 11.6 Å². The molecule has 31 heavy (non-hydrogen) atoms. The monoisotopic (exact) mass is 459 g/mol. The van der Waals surface area contributed by atoms with E-state index in [0.717, 1.165) is 4.68 Å². The lowest BCUT2D eigenvalue weighted by Crippen LogP contribution is -2.32. The molecule has 0 atom stereocenters. The molecule has 3 rings (SSSR count). The summed E-state index contributed by atoms with van der Waals surface area (Å²) in [7, 11) is -4.41. The van der Waals surface area contributed by atoms with Crippen LogP contribution in [0, 0.1) is 11.6 Å². The first-order valence-corrected chi connectivity index (χ1v) is 10.2. The number of sulfonamides is 1. The number of aromatic nitrogens is 2. The number of nitrogens with zero attached hydrogens (tertiary/aromatic N) is 2. The molecule has 6 nitrogen and oxygen atoms in total. The van der Waals surface area contributed by atoms with Crippen molar-refractivity contribution in [3.05, 3.63) is 82.1 Å². The van der Waals surface area contributed by atoms with Crippen LogP contribution in [0.2, 0.25) is 0 Å². The van der Waals surface area contributed by atoms with Crippen LogP contribution in [0.5, 0.6) is 0 Å². The molecule has 0 unspecified atom stereocenters. The van der Waals surface area contributed by atoms with Crippen LogP contribution in [0.25, 0.3) is 11.3 Å². The molecule has 0 saturated heterocycles. The van der Waals surface area contributed by atoms with E-state index in [4.69, 9.17) is 0 Å². The van der Waals surface area contributed by atoms with Crippen LogP contribution >= 0.6 is 0 Å². The Morgan fingerprint density at radius 1 is 0.968 bits per heavy atom. The number of halogens is 5. The van der Waals surface area contributed by atoms with Crippen molar-refractivity contribution in [1.82, 2.24) is 14.5 Å². The summed E-state index contributed by atoms with van der Waals surface area (Å²) in [4.78, 5) is 11.2. The molecule has 0 aliphatic carbocycles. The number of hydrogen-bond donors (Lipinski definition) is 1. The minimum absolute atomic E-state index is 0.192. The van der Waals surface area contributed by atoms with E-state index >= 15 is 0 Å². The van der Waals surface area contributed by atoms with Crippen molar-refractivity contribution in [3.63, 3.8) is 0 Å². The molecule has 0 fully saturated rings. The predicted molar refractivity (Wildman–Crippen MR) is 100 cm³/mol. The highest BCUT2D eigenvalue weighted by molar-refractivity contribution is 7.89. The zero-order valence-electron chi connectivity index (χ0n) is 15.5. The van der Waals surface area contributed by atoms with E-state index in [1.165, 1.54) is 36.4 Å². The number of hydrogen-bond acceptors (Lipinski definition) is 4. The second-order valence-corrected chi connectivity index (χ2v) is 8.09. The van der Waals surface area contributed by atoms with Gasteiger partial charge in [-0.05, 0) is 48.5 Å². The maximum absolute atomic E-state index is 13.4. The van der Waals surface area contributed by atoms with E-state index in [0.29, 0.717) is 23.4 Å². The van der Waals surface area contributed by atoms with Crippen molar-refractivity contribution in [1.29, 1.82) is 0 Å². The fraction of sp³-hybridized carbons (Fsp3) is 0.158. The maximum atomic E-state index is 13.4. The second kappa shape index (κ2) is 8.55. The summed E-state index contributed by atoms with van der Waals surface area (Å²) in [5, 5.41) is 4.07. The summed E-state index contributed by atoms with van der Waals surface area (Å²) >= 11 is 0. The number of benzene rings is 2. The van der Waals surface area contributed by atoms with Crippen LogP contribution in [-0.2, 0) is 22.7 Å². The van der Waals surface area contributed by atoms with Gasteiger partial charge in [0, 0.05) is 18.2 Å². The van der Waals surface area contributed by atoms with Gasteiger partial charge in [0.25, 0.3) is 5.56 Å². The first-order valence-electron chi connectivity index (χ1n) is 8.68. The summed E-state index contributed by atoms with van der Waals surface area (Å²) in [6.45, 7) is -0.610. The summed E-state index contributed by atoms with van der Waals surface area (Å²) in [6, 6.07) is 9.21. The van der Waals surface area contributed by atoms with Crippen molar-refractivity contribution in [2.75, 3.05) is 6.54 Å². The van der Waals surface area contributed by atoms with Gasteiger partial charge in [-0.3, -0.25) is 4.79 Å². The molecule has 0 aliphatic heterocycles. The zero-order chi connectivity index (χ0) is 22.8. The van der Waals surface area contributed by atoms with E-state index in [1.807, 2.05) is 4.72 Å². The minimum atomic E-state index is -5.06. The van der Waals surface area contributed by atoms with E-state index in [9.17, 15) is 35.2 Å². The highest BCUT2D eigenvalue weighted by Crippen LogP contribution is 2.32. The smallest absolute Gasteiger partial charge is 0.268 e. The fourth-order valence-corrected chi connectivity index (χ4v) is 3.69. The summed E-state index contributed by atoms with van der Waals surface area (Å²) in [5.74, 6) is -2.05. The largest absolute Gasteiger partial charge is 0.419 e. The summed E-state index contributed by atoms with van der Waals surface area (Å²) < 4.78 is 92.4. The SMILES string of the molecule is O=c1ccc(-c2ccc(F)cc2)nn1CCNS(=O)(=O)c1ccc(F)c(C(F)(F)F)c1. The average Bonchev–Trinajstić information content (AvgIpc) is 2.69. The quantitative estimate of drug-likeness (QED) is 0.575. The van der Waals surface area contributed by atoms with Gasteiger partial charge in [-0.25, -0.2) is 26.6 Å². The Balaban J connectivity index is 1.76. The summed E-state index contributed by atoms with van der Waals surface area (Å²) in [6.07, 6.45) is -5.06. The maximum Gasteiger partial charge on any atom is 0.419 e. The van der Waals surface area contributed by atoms with Gasteiger partial charge >= 0.3 is 6.18 Å². The van der Waals surface area contributed by atoms with Crippen LogP contribution in [-0.4, -0.2) is 24.7 Å². The molecule has 0 aliphatic rings. The molecule has 2 aromatic carbocycles. The fourth-order valence-electron chi connectivity index (χ4n) is 2.64. The van der Waals surface area contributed by atoms with Crippen LogP contribution in [0.4, 0.5) is 22.0 Å². The normalized spacial score (nSPS) is 12.2. The van der Waals surface area contributed by atoms with Crippen LogP contribution < -0.4 is 10.3 Å². The molecule has 0 bridgehead atoms. The second-order valence-electron chi connectivity index (χ2n) is 6.32. The Hall–Kier alpha value is -3.12. The molecule has 164 valence electrons. The van der Waals surface area contributed by atoms with Crippen molar-refractivity contribution in [2.45, 2.75) is 17.6 Å². The first-order chi connectivity index (χ1) is 14.5. The first kappa shape index (κ1) is 22.6. The van der Waals surface area contributed by atoms with Gasteiger partial charge in [-0.15, -0.1) is 0 Å². The van der Waals surface area contributed by atoms with Crippen LogP contribution in [0.15, 0.2) is 64.3 Å². The number of rotatable bonds is 6. The highest BCUT2D eigenvalue weighted by atomic mass is 32.2. The lowest BCUT2D eigenvalue weighted by Gasteiger charge is -2.12. The van der Waals surface area contributed by atoms with E-state index in [2.05, 4.69) is 5.10 Å². The minimum Gasteiger partial charge on any atom is -0.268 e. The van der Waals surface area contributed by atoms with Crippen molar-refractivity contribution in [2.24, 2.45) is 0 Å². The van der Waals surface area contributed by atoms with Crippen LogP contribution in [0.1, 0.15) is 5.56 Å². The molecule has 3 aromatic rings. The van der Waals surface area contributed by atoms with E-state index in [-0.39, 0.29) is 19.2 Å². The van der Waals surface area contributed by atoms with Gasteiger partial charge in [0.2, 0.25) is 10.0 Å². The topological polar surface area (TPSA) is 81.1 Å². The Bertz CT molecular complexity index is 1260. The van der Waals surface area contributed by atoms with Crippen molar-refractivity contribution in [3.8, 4) is 11.3 Å². The predicted octanol–water partition coefficient (Wildman–Crippen LogP) is 3.19. The molecule has 0 radical (unpaired) electrons. The Kier molecular flexibility index (Phi) is 6.23. The van der Waals surface area contributed by atoms with Gasteiger partial charge in [0.05, 0.1) is 22.7 Å². The van der Waals surface area contributed by atoms with Gasteiger partial charge in [-0.1, -0.05) is 0 Å². The Labute approximate surface area is 173 Å².